The van der Waals surface area contributed by atoms with Gasteiger partial charge in [-0.05, 0) is 44.5 Å². The minimum atomic E-state index is -4.49. The number of rotatable bonds is 3. The predicted molar refractivity (Wildman–Crippen MR) is 96.9 cm³/mol. The lowest BCUT2D eigenvalue weighted by molar-refractivity contribution is -0.137. The highest BCUT2D eigenvalue weighted by Crippen LogP contribution is 2.41. The van der Waals surface area contributed by atoms with Crippen LogP contribution >= 0.6 is 0 Å². The quantitative estimate of drug-likeness (QED) is 0.762. The molecule has 0 unspecified atom stereocenters. The summed E-state index contributed by atoms with van der Waals surface area (Å²) in [6.07, 6.45) is -5.28. The molecule has 2 aromatic rings. The second-order valence-electron chi connectivity index (χ2n) is 7.46. The van der Waals surface area contributed by atoms with E-state index in [0.29, 0.717) is 17.1 Å². The Balaban J connectivity index is 1.99. The molecule has 29 heavy (non-hydrogen) atoms. The van der Waals surface area contributed by atoms with Crippen LogP contribution in [-0.2, 0) is 10.9 Å². The maximum atomic E-state index is 12.9. The number of phenolic OH excluding ortho intramolecular Hbond substituents is 1. The van der Waals surface area contributed by atoms with Crippen LogP contribution in [0.5, 0.6) is 17.2 Å². The summed E-state index contributed by atoms with van der Waals surface area (Å²) in [5, 5.41) is 13.0. The van der Waals surface area contributed by atoms with Crippen LogP contribution in [0.1, 0.15) is 43.5 Å². The fraction of sp³-hybridized carbons (Fsp3) is 0.350. The van der Waals surface area contributed by atoms with Gasteiger partial charge in [-0.3, -0.25) is 0 Å². The van der Waals surface area contributed by atoms with E-state index >= 15 is 0 Å². The van der Waals surface area contributed by atoms with Gasteiger partial charge in [0.25, 0.3) is 0 Å². The number of nitrogens with one attached hydrogen (secondary N) is 1. The zero-order valence-corrected chi connectivity index (χ0v) is 16.0. The Bertz CT molecular complexity index is 904. The number of ether oxygens (including phenoxy) is 3. The average molecular weight is 411 g/mol. The van der Waals surface area contributed by atoms with E-state index in [2.05, 4.69) is 5.32 Å². The summed E-state index contributed by atoms with van der Waals surface area (Å²) in [5.41, 5.74) is -1.07. The van der Waals surface area contributed by atoms with Crippen molar-refractivity contribution in [3.05, 3.63) is 53.1 Å². The van der Waals surface area contributed by atoms with E-state index in [1.165, 1.54) is 24.3 Å². The lowest BCUT2D eigenvalue weighted by Crippen LogP contribution is -2.35. The second kappa shape index (κ2) is 7.38. The maximum Gasteiger partial charge on any atom is 0.416 e. The number of fused-ring (bicyclic) bond motifs is 1. The molecule has 1 aliphatic heterocycles. The van der Waals surface area contributed by atoms with Gasteiger partial charge in [0.2, 0.25) is 6.79 Å². The molecule has 9 heteroatoms. The number of phenols is 1. The van der Waals surface area contributed by atoms with Crippen molar-refractivity contribution in [3.8, 4) is 17.2 Å². The van der Waals surface area contributed by atoms with Crippen LogP contribution in [-0.4, -0.2) is 23.6 Å². The number of carbonyl (C=O) groups excluding carboxylic acids is 1. The molecular formula is C20H20F3NO5. The fourth-order valence-electron chi connectivity index (χ4n) is 2.81. The molecule has 0 aliphatic carbocycles. The molecule has 1 heterocycles. The van der Waals surface area contributed by atoms with Crippen molar-refractivity contribution in [2.24, 2.45) is 0 Å². The molecule has 6 nitrogen and oxygen atoms in total. The van der Waals surface area contributed by atoms with Gasteiger partial charge in [-0.2, -0.15) is 13.2 Å². The molecule has 1 aliphatic rings. The Morgan fingerprint density at radius 2 is 1.69 bits per heavy atom. The lowest BCUT2D eigenvalue weighted by atomic mass is 9.96. The van der Waals surface area contributed by atoms with E-state index in [-0.39, 0.29) is 18.1 Å². The Labute approximate surface area is 165 Å². The Kier molecular flexibility index (Phi) is 5.25. The molecule has 3 rings (SSSR count). The van der Waals surface area contributed by atoms with Crippen LogP contribution < -0.4 is 14.8 Å². The van der Waals surface area contributed by atoms with Gasteiger partial charge in [-0.1, -0.05) is 12.1 Å². The zero-order valence-electron chi connectivity index (χ0n) is 16.0. The second-order valence-corrected chi connectivity index (χ2v) is 7.46. The summed E-state index contributed by atoms with van der Waals surface area (Å²) in [6, 6.07) is 6.08. The lowest BCUT2D eigenvalue weighted by Gasteiger charge is -2.25. The predicted octanol–water partition coefficient (Wildman–Crippen LogP) is 4.75. The van der Waals surface area contributed by atoms with E-state index in [1.54, 1.807) is 20.8 Å². The van der Waals surface area contributed by atoms with Crippen molar-refractivity contribution in [2.75, 3.05) is 6.79 Å². The molecule has 2 aromatic carbocycles. The monoisotopic (exact) mass is 411 g/mol. The third-order valence-electron chi connectivity index (χ3n) is 4.07. The molecule has 1 amide bonds. The minimum absolute atomic E-state index is 0.0251. The Morgan fingerprint density at radius 3 is 2.24 bits per heavy atom. The van der Waals surface area contributed by atoms with Crippen LogP contribution in [0.2, 0.25) is 0 Å². The van der Waals surface area contributed by atoms with Crippen molar-refractivity contribution < 1.29 is 37.3 Å². The summed E-state index contributed by atoms with van der Waals surface area (Å²) in [6.45, 7) is 5.01. The molecule has 0 aromatic heterocycles. The molecule has 0 bridgehead atoms. The molecule has 0 fully saturated rings. The zero-order chi connectivity index (χ0) is 21.4. The highest BCUT2D eigenvalue weighted by Gasteiger charge is 2.31. The highest BCUT2D eigenvalue weighted by molar-refractivity contribution is 5.70. The van der Waals surface area contributed by atoms with Gasteiger partial charge in [-0.25, -0.2) is 4.79 Å². The standard InChI is InChI=1S/C20H20F3NO5/c1-19(2,3)29-18(26)24-17(11-4-6-12(7-5-11)20(21,22)23)13-8-15-16(9-14(13)25)28-10-27-15/h4-9,17,25H,10H2,1-3H3,(H,24,26)/t17-/m1/s1. The Hall–Kier alpha value is -3.10. The van der Waals surface area contributed by atoms with Gasteiger partial charge in [-0.15, -0.1) is 0 Å². The van der Waals surface area contributed by atoms with Crippen molar-refractivity contribution in [1.82, 2.24) is 5.32 Å². The number of benzene rings is 2. The third kappa shape index (κ3) is 4.85. The van der Waals surface area contributed by atoms with Crippen LogP contribution in [0.4, 0.5) is 18.0 Å². The number of carbonyl (C=O) groups is 1. The summed E-state index contributed by atoms with van der Waals surface area (Å²) >= 11 is 0. The smallest absolute Gasteiger partial charge is 0.416 e. The Morgan fingerprint density at radius 1 is 1.10 bits per heavy atom. The first-order valence-corrected chi connectivity index (χ1v) is 8.73. The summed E-state index contributed by atoms with van der Waals surface area (Å²) in [4.78, 5) is 12.3. The largest absolute Gasteiger partial charge is 0.507 e. The first-order chi connectivity index (χ1) is 13.4. The van der Waals surface area contributed by atoms with E-state index in [0.717, 1.165) is 12.1 Å². The van der Waals surface area contributed by atoms with Crippen molar-refractivity contribution in [2.45, 2.75) is 38.6 Å². The van der Waals surface area contributed by atoms with Gasteiger partial charge in [0.15, 0.2) is 11.5 Å². The molecule has 0 radical (unpaired) electrons. The molecular weight excluding hydrogens is 391 g/mol. The number of hydrogen-bond donors (Lipinski definition) is 2. The topological polar surface area (TPSA) is 77.0 Å². The van der Waals surface area contributed by atoms with Gasteiger partial charge in [0.1, 0.15) is 11.4 Å². The normalized spacial score (nSPS) is 14.4. The van der Waals surface area contributed by atoms with E-state index in [4.69, 9.17) is 14.2 Å². The van der Waals surface area contributed by atoms with Crippen LogP contribution in [0.25, 0.3) is 0 Å². The van der Waals surface area contributed by atoms with Crippen molar-refractivity contribution in [3.63, 3.8) is 0 Å². The number of amides is 1. The number of aromatic hydroxyl groups is 1. The number of halogens is 3. The summed E-state index contributed by atoms with van der Waals surface area (Å²) < 4.78 is 54.4. The fourth-order valence-corrected chi connectivity index (χ4v) is 2.81. The number of alkyl carbamates (subject to hydrolysis) is 1. The molecule has 156 valence electrons. The maximum absolute atomic E-state index is 12.9. The number of alkyl halides is 3. The van der Waals surface area contributed by atoms with Crippen LogP contribution in [0, 0.1) is 0 Å². The average Bonchev–Trinajstić information content (AvgIpc) is 3.04. The first-order valence-electron chi connectivity index (χ1n) is 8.73. The molecule has 0 saturated carbocycles. The summed E-state index contributed by atoms with van der Waals surface area (Å²) in [5.74, 6) is 0.464. The van der Waals surface area contributed by atoms with Gasteiger partial charge in [0.05, 0.1) is 11.6 Å². The van der Waals surface area contributed by atoms with E-state index < -0.39 is 29.5 Å². The molecule has 0 spiro atoms. The van der Waals surface area contributed by atoms with Gasteiger partial charge >= 0.3 is 12.3 Å². The van der Waals surface area contributed by atoms with E-state index in [1.807, 2.05) is 0 Å². The molecule has 1 atom stereocenters. The van der Waals surface area contributed by atoms with Crippen molar-refractivity contribution >= 4 is 6.09 Å². The first kappa shape index (κ1) is 20.6. The van der Waals surface area contributed by atoms with E-state index in [9.17, 15) is 23.1 Å². The minimum Gasteiger partial charge on any atom is -0.507 e. The summed E-state index contributed by atoms with van der Waals surface area (Å²) in [7, 11) is 0. The molecule has 0 saturated heterocycles. The van der Waals surface area contributed by atoms with Crippen molar-refractivity contribution in [1.29, 1.82) is 0 Å². The highest BCUT2D eigenvalue weighted by atomic mass is 19.4. The van der Waals surface area contributed by atoms with Gasteiger partial charge < -0.3 is 24.6 Å². The van der Waals surface area contributed by atoms with Crippen LogP contribution in [0.3, 0.4) is 0 Å². The SMILES string of the molecule is CC(C)(C)OC(=O)N[C@H](c1ccc(C(F)(F)F)cc1)c1cc2c(cc1O)OCO2. The molecule has 2 N–H and O–H groups in total. The number of hydrogen-bond acceptors (Lipinski definition) is 5. The third-order valence-corrected chi connectivity index (χ3v) is 4.07. The van der Waals surface area contributed by atoms with Gasteiger partial charge in [0, 0.05) is 11.6 Å². The van der Waals surface area contributed by atoms with Crippen LogP contribution in [0.15, 0.2) is 36.4 Å².